The molecule has 1 aromatic heterocycles. The third kappa shape index (κ3) is 4.39. The van der Waals surface area contributed by atoms with Gasteiger partial charge in [-0.05, 0) is 24.5 Å². The molecular weight excluding hydrogens is 300 g/mol. The largest absolute Gasteiger partial charge is 0.478 e. The molecule has 2 N–H and O–H groups in total. The number of aromatic nitrogens is 1. The number of benzene rings is 1. The summed E-state index contributed by atoms with van der Waals surface area (Å²) in [6, 6.07) is 6.75. The summed E-state index contributed by atoms with van der Waals surface area (Å²) in [7, 11) is 0. The van der Waals surface area contributed by atoms with Gasteiger partial charge in [0, 0.05) is 11.8 Å². The van der Waals surface area contributed by atoms with Crippen LogP contribution in [0.3, 0.4) is 0 Å². The fraction of sp³-hybridized carbons (Fsp3) is 0.312. The summed E-state index contributed by atoms with van der Waals surface area (Å²) in [4.78, 5) is 27.3. The van der Waals surface area contributed by atoms with Gasteiger partial charge in [-0.3, -0.25) is 4.79 Å². The predicted octanol–water partition coefficient (Wildman–Crippen LogP) is 2.65. The number of hydrogen-bond acceptors (Lipinski definition) is 4. The second-order valence-electron chi connectivity index (χ2n) is 4.83. The molecule has 1 aromatic carbocycles. The average Bonchev–Trinajstić information content (AvgIpc) is 2.99. The number of rotatable bonds is 7. The highest BCUT2D eigenvalue weighted by Gasteiger charge is 2.11. The normalized spacial score (nSPS) is 10.4. The number of carbonyl (C=O) groups excluding carboxylic acids is 1. The van der Waals surface area contributed by atoms with Crippen molar-refractivity contribution in [2.24, 2.45) is 0 Å². The van der Waals surface area contributed by atoms with E-state index in [1.54, 1.807) is 35.6 Å². The molecule has 2 aromatic rings. The lowest BCUT2D eigenvalue weighted by Crippen LogP contribution is -2.23. The van der Waals surface area contributed by atoms with Crippen molar-refractivity contribution in [3.8, 4) is 0 Å². The SMILES string of the molecule is CCc1nc(CNC(=O)CCc2ccccc2C(=O)O)cs1. The molecule has 1 amide bonds. The highest BCUT2D eigenvalue weighted by molar-refractivity contribution is 7.09. The van der Waals surface area contributed by atoms with Crippen LogP contribution >= 0.6 is 11.3 Å². The molecule has 0 aliphatic heterocycles. The zero-order valence-corrected chi connectivity index (χ0v) is 13.2. The molecule has 1 heterocycles. The van der Waals surface area contributed by atoms with Crippen LogP contribution in [0.2, 0.25) is 0 Å². The lowest BCUT2D eigenvalue weighted by molar-refractivity contribution is -0.121. The number of aromatic carboxylic acids is 1. The molecule has 0 atom stereocenters. The highest BCUT2D eigenvalue weighted by Crippen LogP contribution is 2.12. The molecule has 0 aliphatic carbocycles. The molecule has 5 nitrogen and oxygen atoms in total. The maximum atomic E-state index is 11.9. The Labute approximate surface area is 133 Å². The van der Waals surface area contributed by atoms with E-state index in [9.17, 15) is 9.59 Å². The molecule has 0 spiro atoms. The Morgan fingerprint density at radius 2 is 2.09 bits per heavy atom. The van der Waals surface area contributed by atoms with Crippen molar-refractivity contribution in [3.05, 3.63) is 51.5 Å². The first-order chi connectivity index (χ1) is 10.6. The number of amides is 1. The Bertz CT molecular complexity index is 667. The minimum atomic E-state index is -0.967. The number of carboxylic acids is 1. The van der Waals surface area contributed by atoms with Gasteiger partial charge in [-0.15, -0.1) is 11.3 Å². The lowest BCUT2D eigenvalue weighted by Gasteiger charge is -2.06. The van der Waals surface area contributed by atoms with E-state index in [0.717, 1.165) is 17.1 Å². The van der Waals surface area contributed by atoms with Gasteiger partial charge in [0.1, 0.15) is 0 Å². The highest BCUT2D eigenvalue weighted by atomic mass is 32.1. The van der Waals surface area contributed by atoms with Crippen LogP contribution in [0, 0.1) is 0 Å². The third-order valence-corrected chi connectivity index (χ3v) is 4.28. The van der Waals surface area contributed by atoms with Gasteiger partial charge in [0.2, 0.25) is 5.91 Å². The van der Waals surface area contributed by atoms with E-state index in [2.05, 4.69) is 10.3 Å². The van der Waals surface area contributed by atoms with Gasteiger partial charge in [-0.2, -0.15) is 0 Å². The van der Waals surface area contributed by atoms with Crippen LogP contribution in [0.5, 0.6) is 0 Å². The Morgan fingerprint density at radius 3 is 2.77 bits per heavy atom. The van der Waals surface area contributed by atoms with E-state index in [1.165, 1.54) is 0 Å². The van der Waals surface area contributed by atoms with E-state index in [4.69, 9.17) is 5.11 Å². The molecule has 0 bridgehead atoms. The quantitative estimate of drug-likeness (QED) is 0.822. The van der Waals surface area contributed by atoms with Crippen LogP contribution in [0.25, 0.3) is 0 Å². The van der Waals surface area contributed by atoms with Crippen LogP contribution in [-0.4, -0.2) is 22.0 Å². The van der Waals surface area contributed by atoms with Crippen molar-refractivity contribution >= 4 is 23.2 Å². The lowest BCUT2D eigenvalue weighted by atomic mass is 10.0. The average molecular weight is 318 g/mol. The monoisotopic (exact) mass is 318 g/mol. The number of nitrogens with zero attached hydrogens (tertiary/aromatic N) is 1. The van der Waals surface area contributed by atoms with Crippen molar-refractivity contribution in [2.75, 3.05) is 0 Å². The number of hydrogen-bond donors (Lipinski definition) is 2. The molecule has 0 radical (unpaired) electrons. The maximum Gasteiger partial charge on any atom is 0.335 e. The molecule has 0 aliphatic rings. The summed E-state index contributed by atoms with van der Waals surface area (Å²) in [5, 5.41) is 14.9. The van der Waals surface area contributed by atoms with Gasteiger partial charge in [-0.1, -0.05) is 25.1 Å². The molecule has 0 saturated carbocycles. The third-order valence-electron chi connectivity index (χ3n) is 3.24. The molecule has 6 heteroatoms. The number of nitrogens with one attached hydrogen (secondary N) is 1. The van der Waals surface area contributed by atoms with Crippen LogP contribution in [0.15, 0.2) is 29.6 Å². The van der Waals surface area contributed by atoms with Crippen molar-refractivity contribution < 1.29 is 14.7 Å². The summed E-state index contributed by atoms with van der Waals surface area (Å²) in [6.45, 7) is 2.46. The maximum absolute atomic E-state index is 11.9. The number of carbonyl (C=O) groups is 2. The zero-order valence-electron chi connectivity index (χ0n) is 12.3. The number of thiazole rings is 1. The van der Waals surface area contributed by atoms with Crippen LogP contribution in [0.1, 0.15) is 40.0 Å². The van der Waals surface area contributed by atoms with Crippen molar-refractivity contribution in [1.82, 2.24) is 10.3 Å². The van der Waals surface area contributed by atoms with E-state index in [0.29, 0.717) is 18.5 Å². The summed E-state index contributed by atoms with van der Waals surface area (Å²) in [6.07, 6.45) is 1.56. The van der Waals surface area contributed by atoms with E-state index >= 15 is 0 Å². The van der Waals surface area contributed by atoms with E-state index in [-0.39, 0.29) is 17.9 Å². The van der Waals surface area contributed by atoms with Crippen LogP contribution < -0.4 is 5.32 Å². The zero-order chi connectivity index (χ0) is 15.9. The summed E-state index contributed by atoms with van der Waals surface area (Å²) < 4.78 is 0. The van der Waals surface area contributed by atoms with Crippen LogP contribution in [-0.2, 0) is 24.2 Å². The fourth-order valence-electron chi connectivity index (χ4n) is 2.07. The Morgan fingerprint density at radius 1 is 1.32 bits per heavy atom. The smallest absolute Gasteiger partial charge is 0.335 e. The topological polar surface area (TPSA) is 79.3 Å². The molecule has 22 heavy (non-hydrogen) atoms. The Kier molecular flexibility index (Phi) is 5.66. The van der Waals surface area contributed by atoms with Crippen molar-refractivity contribution in [3.63, 3.8) is 0 Å². The summed E-state index contributed by atoms with van der Waals surface area (Å²) >= 11 is 1.59. The first-order valence-electron chi connectivity index (χ1n) is 7.11. The van der Waals surface area contributed by atoms with Crippen molar-refractivity contribution in [2.45, 2.75) is 32.7 Å². The molecule has 0 unspecified atom stereocenters. The number of aryl methyl sites for hydroxylation is 2. The molecule has 116 valence electrons. The minimum absolute atomic E-state index is 0.105. The van der Waals surface area contributed by atoms with Crippen LogP contribution in [0.4, 0.5) is 0 Å². The summed E-state index contributed by atoms with van der Waals surface area (Å²) in [5.74, 6) is -1.07. The van der Waals surface area contributed by atoms with Gasteiger partial charge in [0.05, 0.1) is 22.8 Å². The van der Waals surface area contributed by atoms with Gasteiger partial charge < -0.3 is 10.4 Å². The summed E-state index contributed by atoms with van der Waals surface area (Å²) in [5.41, 5.74) is 1.79. The minimum Gasteiger partial charge on any atom is -0.478 e. The molecule has 0 saturated heterocycles. The Balaban J connectivity index is 1.84. The predicted molar refractivity (Wildman–Crippen MR) is 85.1 cm³/mol. The van der Waals surface area contributed by atoms with Gasteiger partial charge in [-0.25, -0.2) is 9.78 Å². The van der Waals surface area contributed by atoms with Gasteiger partial charge in [0.15, 0.2) is 0 Å². The first kappa shape index (κ1) is 16.2. The standard InChI is InChI=1S/C16H18N2O3S/c1-2-15-18-12(10-22-15)9-17-14(19)8-7-11-5-3-4-6-13(11)16(20)21/h3-6,10H,2,7-9H2,1H3,(H,17,19)(H,20,21). The molecular formula is C16H18N2O3S. The molecule has 2 rings (SSSR count). The van der Waals surface area contributed by atoms with Gasteiger partial charge in [0.25, 0.3) is 0 Å². The van der Waals surface area contributed by atoms with Gasteiger partial charge >= 0.3 is 5.97 Å². The number of carboxylic acid groups (broad SMARTS) is 1. The molecule has 0 fully saturated rings. The first-order valence-corrected chi connectivity index (χ1v) is 7.99. The van der Waals surface area contributed by atoms with E-state index in [1.807, 2.05) is 12.3 Å². The second-order valence-corrected chi connectivity index (χ2v) is 5.77. The second kappa shape index (κ2) is 7.70. The van der Waals surface area contributed by atoms with Crippen molar-refractivity contribution in [1.29, 1.82) is 0 Å². The Hall–Kier alpha value is -2.21. The fourth-order valence-corrected chi connectivity index (χ4v) is 2.81. The van der Waals surface area contributed by atoms with E-state index < -0.39 is 5.97 Å².